The fraction of sp³-hybridized carbons (Fsp3) is 0.0833. The van der Waals surface area contributed by atoms with E-state index in [0.29, 0.717) is 5.02 Å². The molecule has 0 saturated heterocycles. The van der Waals surface area contributed by atoms with Gasteiger partial charge in [0.1, 0.15) is 6.10 Å². The van der Waals surface area contributed by atoms with Crippen molar-refractivity contribution in [3.05, 3.63) is 64.9 Å². The summed E-state index contributed by atoms with van der Waals surface area (Å²) in [5, 5.41) is 10.7. The molecule has 0 spiro atoms. The molecule has 76 valence electrons. The Morgan fingerprint density at radius 1 is 1.07 bits per heavy atom. The lowest BCUT2D eigenvalue weighted by molar-refractivity contribution is 0.220. The van der Waals surface area contributed by atoms with E-state index >= 15 is 0 Å². The molecule has 0 amide bonds. The van der Waals surface area contributed by atoms with Crippen molar-refractivity contribution in [1.29, 1.82) is 0 Å². The second kappa shape index (κ2) is 4.43. The summed E-state index contributed by atoms with van der Waals surface area (Å²) in [5.74, 6) is 0. The molecule has 2 aromatic rings. The third-order valence-electron chi connectivity index (χ3n) is 2.19. The number of pyridine rings is 1. The molecular formula is C12H10ClNO. The zero-order chi connectivity index (χ0) is 10.7. The van der Waals surface area contributed by atoms with Crippen LogP contribution in [0.25, 0.3) is 0 Å². The van der Waals surface area contributed by atoms with Gasteiger partial charge < -0.3 is 5.11 Å². The highest BCUT2D eigenvalue weighted by atomic mass is 35.5. The molecule has 3 heteroatoms. The molecular weight excluding hydrogens is 210 g/mol. The van der Waals surface area contributed by atoms with Crippen molar-refractivity contribution in [1.82, 2.24) is 4.98 Å². The quantitative estimate of drug-likeness (QED) is 0.843. The van der Waals surface area contributed by atoms with Crippen LogP contribution in [0.15, 0.2) is 48.8 Å². The fourth-order valence-electron chi connectivity index (χ4n) is 1.41. The van der Waals surface area contributed by atoms with E-state index in [1.807, 2.05) is 12.1 Å². The van der Waals surface area contributed by atoms with Gasteiger partial charge in [-0.25, -0.2) is 0 Å². The molecule has 0 aliphatic rings. The number of hydrogen-bond donors (Lipinski definition) is 1. The molecule has 15 heavy (non-hydrogen) atoms. The zero-order valence-electron chi connectivity index (χ0n) is 7.97. The van der Waals surface area contributed by atoms with Crippen molar-refractivity contribution in [3.8, 4) is 0 Å². The summed E-state index contributed by atoms with van der Waals surface area (Å²) in [7, 11) is 0. The van der Waals surface area contributed by atoms with Gasteiger partial charge in [0.05, 0.1) is 0 Å². The molecule has 0 fully saturated rings. The van der Waals surface area contributed by atoms with E-state index in [1.54, 1.807) is 36.7 Å². The SMILES string of the molecule is OC(c1ccncc1)c1cccc(Cl)c1. The standard InChI is InChI=1S/C12H10ClNO/c13-11-3-1-2-10(8-11)12(15)9-4-6-14-7-5-9/h1-8,12,15H. The Morgan fingerprint density at radius 3 is 2.47 bits per heavy atom. The van der Waals surface area contributed by atoms with Crippen LogP contribution in [0.5, 0.6) is 0 Å². The van der Waals surface area contributed by atoms with Gasteiger partial charge in [0.2, 0.25) is 0 Å². The van der Waals surface area contributed by atoms with Crippen molar-refractivity contribution >= 4 is 11.6 Å². The number of nitrogens with zero attached hydrogens (tertiary/aromatic N) is 1. The fourth-order valence-corrected chi connectivity index (χ4v) is 1.61. The molecule has 0 saturated carbocycles. The minimum Gasteiger partial charge on any atom is -0.384 e. The number of aliphatic hydroxyl groups excluding tert-OH is 1. The van der Waals surface area contributed by atoms with Crippen LogP contribution in [-0.4, -0.2) is 10.1 Å². The van der Waals surface area contributed by atoms with E-state index in [2.05, 4.69) is 4.98 Å². The molecule has 0 aliphatic heterocycles. The molecule has 0 bridgehead atoms. The van der Waals surface area contributed by atoms with Crippen LogP contribution in [0.4, 0.5) is 0 Å². The Labute approximate surface area is 93.2 Å². The Hall–Kier alpha value is -1.38. The van der Waals surface area contributed by atoms with E-state index < -0.39 is 6.10 Å². The Morgan fingerprint density at radius 2 is 1.80 bits per heavy atom. The van der Waals surface area contributed by atoms with Gasteiger partial charge in [-0.1, -0.05) is 23.7 Å². The number of rotatable bonds is 2. The molecule has 1 atom stereocenters. The van der Waals surface area contributed by atoms with Crippen molar-refractivity contribution in [3.63, 3.8) is 0 Å². The first-order valence-corrected chi connectivity index (χ1v) is 4.98. The van der Waals surface area contributed by atoms with Gasteiger partial charge >= 0.3 is 0 Å². The highest BCUT2D eigenvalue weighted by Gasteiger charge is 2.09. The van der Waals surface area contributed by atoms with Crippen molar-refractivity contribution in [2.45, 2.75) is 6.10 Å². The third kappa shape index (κ3) is 2.35. The van der Waals surface area contributed by atoms with Gasteiger partial charge in [-0.05, 0) is 35.4 Å². The topological polar surface area (TPSA) is 33.1 Å². The first-order valence-electron chi connectivity index (χ1n) is 4.61. The maximum Gasteiger partial charge on any atom is 0.104 e. The average Bonchev–Trinajstić information content (AvgIpc) is 2.29. The van der Waals surface area contributed by atoms with E-state index in [0.717, 1.165) is 11.1 Å². The molecule has 1 aromatic carbocycles. The normalized spacial score (nSPS) is 12.4. The third-order valence-corrected chi connectivity index (χ3v) is 2.42. The van der Waals surface area contributed by atoms with Gasteiger partial charge in [-0.15, -0.1) is 0 Å². The minimum absolute atomic E-state index is 0.626. The first-order chi connectivity index (χ1) is 7.27. The summed E-state index contributed by atoms with van der Waals surface area (Å²) in [6.07, 6.45) is 2.67. The second-order valence-electron chi connectivity index (χ2n) is 3.24. The van der Waals surface area contributed by atoms with Gasteiger partial charge in [-0.2, -0.15) is 0 Å². The number of benzene rings is 1. The maximum atomic E-state index is 10.0. The van der Waals surface area contributed by atoms with Gasteiger partial charge in [-0.3, -0.25) is 4.98 Å². The van der Waals surface area contributed by atoms with Crippen molar-refractivity contribution < 1.29 is 5.11 Å². The summed E-state index contributed by atoms with van der Waals surface area (Å²) < 4.78 is 0. The predicted molar refractivity (Wildman–Crippen MR) is 59.8 cm³/mol. The Bertz CT molecular complexity index is 444. The number of hydrogen-bond acceptors (Lipinski definition) is 2. The molecule has 0 aliphatic carbocycles. The smallest absolute Gasteiger partial charge is 0.104 e. The molecule has 1 N–H and O–H groups in total. The summed E-state index contributed by atoms with van der Waals surface area (Å²) in [5.41, 5.74) is 1.60. The van der Waals surface area contributed by atoms with Gasteiger partial charge in [0.25, 0.3) is 0 Å². The lowest BCUT2D eigenvalue weighted by atomic mass is 10.0. The second-order valence-corrected chi connectivity index (χ2v) is 3.67. The number of aliphatic hydroxyl groups is 1. The highest BCUT2D eigenvalue weighted by Crippen LogP contribution is 2.23. The van der Waals surface area contributed by atoms with Crippen LogP contribution in [-0.2, 0) is 0 Å². The lowest BCUT2D eigenvalue weighted by Gasteiger charge is -2.10. The molecule has 2 nitrogen and oxygen atoms in total. The van der Waals surface area contributed by atoms with Crippen LogP contribution in [0.3, 0.4) is 0 Å². The van der Waals surface area contributed by atoms with Crippen LogP contribution in [0, 0.1) is 0 Å². The summed E-state index contributed by atoms with van der Waals surface area (Å²) in [6, 6.07) is 10.8. The van der Waals surface area contributed by atoms with E-state index in [9.17, 15) is 5.11 Å². The van der Waals surface area contributed by atoms with Crippen molar-refractivity contribution in [2.75, 3.05) is 0 Å². The van der Waals surface area contributed by atoms with E-state index in [4.69, 9.17) is 11.6 Å². The van der Waals surface area contributed by atoms with Gasteiger partial charge in [0, 0.05) is 17.4 Å². The average molecular weight is 220 g/mol. The van der Waals surface area contributed by atoms with Crippen LogP contribution < -0.4 is 0 Å². The zero-order valence-corrected chi connectivity index (χ0v) is 8.72. The highest BCUT2D eigenvalue weighted by molar-refractivity contribution is 6.30. The number of aromatic nitrogens is 1. The number of halogens is 1. The molecule has 2 rings (SSSR count). The first kappa shape index (κ1) is 10.1. The van der Waals surface area contributed by atoms with Crippen LogP contribution >= 0.6 is 11.6 Å². The monoisotopic (exact) mass is 219 g/mol. The minimum atomic E-state index is -0.647. The molecule has 1 unspecified atom stereocenters. The van der Waals surface area contributed by atoms with Crippen LogP contribution in [0.1, 0.15) is 17.2 Å². The van der Waals surface area contributed by atoms with E-state index in [-0.39, 0.29) is 0 Å². The predicted octanol–water partition coefficient (Wildman–Crippen LogP) is 2.82. The van der Waals surface area contributed by atoms with E-state index in [1.165, 1.54) is 0 Å². The Balaban J connectivity index is 2.32. The van der Waals surface area contributed by atoms with Gasteiger partial charge in [0.15, 0.2) is 0 Å². The summed E-state index contributed by atoms with van der Waals surface area (Å²) in [4.78, 5) is 3.90. The Kier molecular flexibility index (Phi) is 2.99. The van der Waals surface area contributed by atoms with Crippen LogP contribution in [0.2, 0.25) is 5.02 Å². The maximum absolute atomic E-state index is 10.0. The molecule has 0 radical (unpaired) electrons. The molecule has 1 heterocycles. The van der Waals surface area contributed by atoms with Crippen molar-refractivity contribution in [2.24, 2.45) is 0 Å². The summed E-state index contributed by atoms with van der Waals surface area (Å²) >= 11 is 5.85. The molecule has 1 aromatic heterocycles. The summed E-state index contributed by atoms with van der Waals surface area (Å²) in [6.45, 7) is 0. The lowest BCUT2D eigenvalue weighted by Crippen LogP contribution is -1.99. The largest absolute Gasteiger partial charge is 0.384 e.